The first-order chi connectivity index (χ1) is 14.3. The van der Waals surface area contributed by atoms with Gasteiger partial charge in [0.25, 0.3) is 0 Å². The van der Waals surface area contributed by atoms with Gasteiger partial charge in [-0.1, -0.05) is 6.07 Å². The molecular formula is C22H23F3N2O3S. The number of nitriles is 1. The number of fused-ring (bicyclic) bond motifs is 1. The standard InChI is InChI=1S/C22H23F3N2O3S/c1-20(2,19(28)29-5)12-27-17-7-6-13(14-8-15(10-26)31-11-14)9-16(17)21(3,4)30-18(27)22(23,24)25/h6-9,11,18H,12H2,1-5H3. The minimum atomic E-state index is -4.67. The number of hydrogen-bond donors (Lipinski definition) is 0. The maximum Gasteiger partial charge on any atom is 0.433 e. The fourth-order valence-electron chi connectivity index (χ4n) is 3.71. The van der Waals surface area contributed by atoms with Gasteiger partial charge in [0.15, 0.2) is 0 Å². The lowest BCUT2D eigenvalue weighted by Crippen LogP contribution is -2.57. The zero-order valence-corrected chi connectivity index (χ0v) is 18.6. The summed E-state index contributed by atoms with van der Waals surface area (Å²) in [5, 5.41) is 10.9. The molecule has 1 aromatic carbocycles. The van der Waals surface area contributed by atoms with Crippen LogP contribution in [0.1, 0.15) is 38.1 Å². The number of rotatable bonds is 4. The van der Waals surface area contributed by atoms with Crippen molar-refractivity contribution in [2.24, 2.45) is 5.41 Å². The largest absolute Gasteiger partial charge is 0.469 e. The second kappa shape index (κ2) is 7.84. The molecule has 1 aliphatic rings. The molecule has 1 aromatic heterocycles. The van der Waals surface area contributed by atoms with E-state index in [0.717, 1.165) is 16.0 Å². The Kier molecular flexibility index (Phi) is 5.84. The number of carbonyl (C=O) groups is 1. The molecule has 1 atom stereocenters. The summed E-state index contributed by atoms with van der Waals surface area (Å²) in [4.78, 5) is 13.8. The van der Waals surface area contributed by atoms with E-state index in [0.29, 0.717) is 16.1 Å². The van der Waals surface area contributed by atoms with E-state index in [4.69, 9.17) is 14.7 Å². The normalized spacial score (nSPS) is 18.3. The number of benzene rings is 1. The molecule has 1 unspecified atom stereocenters. The van der Waals surface area contributed by atoms with E-state index in [-0.39, 0.29) is 6.54 Å². The second-order valence-corrected chi connectivity index (χ2v) is 9.48. The van der Waals surface area contributed by atoms with Gasteiger partial charge in [-0.25, -0.2) is 0 Å². The van der Waals surface area contributed by atoms with Gasteiger partial charge in [-0.2, -0.15) is 18.4 Å². The van der Waals surface area contributed by atoms with Crippen LogP contribution < -0.4 is 4.90 Å². The highest BCUT2D eigenvalue weighted by Crippen LogP contribution is 2.47. The van der Waals surface area contributed by atoms with Crippen molar-refractivity contribution >= 4 is 23.0 Å². The predicted molar refractivity (Wildman–Crippen MR) is 112 cm³/mol. The van der Waals surface area contributed by atoms with Crippen LogP contribution in [-0.2, 0) is 19.9 Å². The summed E-state index contributed by atoms with van der Waals surface area (Å²) in [6, 6.07) is 8.93. The van der Waals surface area contributed by atoms with Crippen LogP contribution in [0.4, 0.5) is 18.9 Å². The van der Waals surface area contributed by atoms with Gasteiger partial charge in [-0.05, 0) is 62.4 Å². The van der Waals surface area contributed by atoms with Crippen molar-refractivity contribution in [3.63, 3.8) is 0 Å². The molecule has 0 amide bonds. The number of esters is 1. The summed E-state index contributed by atoms with van der Waals surface area (Å²) in [6.07, 6.45) is -6.88. The minimum absolute atomic E-state index is 0.247. The van der Waals surface area contributed by atoms with Crippen LogP contribution in [0.2, 0.25) is 0 Å². The zero-order chi connectivity index (χ0) is 23.2. The molecule has 0 spiro atoms. The van der Waals surface area contributed by atoms with Crippen molar-refractivity contribution in [2.45, 2.75) is 45.7 Å². The third-order valence-electron chi connectivity index (χ3n) is 5.27. The summed E-state index contributed by atoms with van der Waals surface area (Å²) in [6.45, 7) is 6.00. The van der Waals surface area contributed by atoms with Crippen molar-refractivity contribution in [1.82, 2.24) is 0 Å². The predicted octanol–water partition coefficient (Wildman–Crippen LogP) is 5.45. The van der Waals surface area contributed by atoms with Crippen LogP contribution in [0.3, 0.4) is 0 Å². The Bertz CT molecular complexity index is 1040. The van der Waals surface area contributed by atoms with E-state index < -0.39 is 29.4 Å². The Hall–Kier alpha value is -2.57. The molecule has 3 rings (SSSR count). The highest BCUT2D eigenvalue weighted by Gasteiger charge is 2.53. The number of alkyl halides is 3. The number of carbonyl (C=O) groups excluding carboxylic acids is 1. The average molecular weight is 452 g/mol. The van der Waals surface area contributed by atoms with E-state index >= 15 is 0 Å². The van der Waals surface area contributed by atoms with E-state index in [1.54, 1.807) is 38.1 Å². The lowest BCUT2D eigenvalue weighted by atomic mass is 9.87. The van der Waals surface area contributed by atoms with Crippen molar-refractivity contribution < 1.29 is 27.4 Å². The van der Waals surface area contributed by atoms with E-state index in [1.165, 1.54) is 32.3 Å². The van der Waals surface area contributed by atoms with Gasteiger partial charge in [0.1, 0.15) is 10.9 Å². The molecule has 166 valence electrons. The van der Waals surface area contributed by atoms with Gasteiger partial charge in [0.05, 0.1) is 18.1 Å². The Balaban J connectivity index is 2.13. The third kappa shape index (κ3) is 4.41. The molecular weight excluding hydrogens is 429 g/mol. The lowest BCUT2D eigenvalue weighted by Gasteiger charge is -2.48. The van der Waals surface area contributed by atoms with E-state index in [9.17, 15) is 18.0 Å². The van der Waals surface area contributed by atoms with Gasteiger partial charge in [-0.3, -0.25) is 4.79 Å². The summed E-state index contributed by atoms with van der Waals surface area (Å²) in [5.74, 6) is -0.612. The van der Waals surface area contributed by atoms with E-state index in [1.807, 2.05) is 5.38 Å². The lowest BCUT2D eigenvalue weighted by molar-refractivity contribution is -0.255. The quantitative estimate of drug-likeness (QED) is 0.578. The molecule has 31 heavy (non-hydrogen) atoms. The molecule has 2 heterocycles. The Morgan fingerprint density at radius 2 is 1.97 bits per heavy atom. The molecule has 0 fully saturated rings. The van der Waals surface area contributed by atoms with Crippen LogP contribution in [-0.4, -0.2) is 32.0 Å². The minimum Gasteiger partial charge on any atom is -0.469 e. The molecule has 5 nitrogen and oxygen atoms in total. The molecule has 0 saturated carbocycles. The summed E-state index contributed by atoms with van der Waals surface area (Å²) in [7, 11) is 1.21. The maximum atomic E-state index is 14.0. The molecule has 0 saturated heterocycles. The first kappa shape index (κ1) is 23.1. The van der Waals surface area contributed by atoms with Crippen LogP contribution in [0.25, 0.3) is 11.1 Å². The topological polar surface area (TPSA) is 62.6 Å². The first-order valence-corrected chi connectivity index (χ1v) is 10.4. The van der Waals surface area contributed by atoms with Crippen LogP contribution in [0.5, 0.6) is 0 Å². The Labute approximate surface area is 183 Å². The molecule has 1 aliphatic heterocycles. The molecule has 0 aliphatic carbocycles. The Morgan fingerprint density at radius 1 is 1.29 bits per heavy atom. The maximum absolute atomic E-state index is 14.0. The van der Waals surface area contributed by atoms with Crippen molar-refractivity contribution in [3.05, 3.63) is 40.1 Å². The van der Waals surface area contributed by atoms with Gasteiger partial charge in [-0.15, -0.1) is 11.3 Å². The fraction of sp³-hybridized carbons (Fsp3) is 0.455. The smallest absolute Gasteiger partial charge is 0.433 e. The van der Waals surface area contributed by atoms with Crippen LogP contribution in [0, 0.1) is 16.7 Å². The van der Waals surface area contributed by atoms with Gasteiger partial charge in [0, 0.05) is 17.8 Å². The number of hydrogen-bond acceptors (Lipinski definition) is 6. The van der Waals surface area contributed by atoms with Crippen molar-refractivity contribution in [2.75, 3.05) is 18.6 Å². The molecule has 2 aromatic rings. The molecule has 0 bridgehead atoms. The number of methoxy groups -OCH3 is 1. The number of thiophene rings is 1. The number of halogens is 3. The number of ether oxygens (including phenoxy) is 2. The van der Waals surface area contributed by atoms with Crippen LogP contribution >= 0.6 is 11.3 Å². The summed E-state index contributed by atoms with van der Waals surface area (Å²) in [5.41, 5.74) is 0.0517. The SMILES string of the molecule is COC(=O)C(C)(C)CN1c2ccc(-c3csc(C#N)c3)cc2C(C)(C)OC1C(F)(F)F. The fourth-order valence-corrected chi connectivity index (χ4v) is 4.41. The van der Waals surface area contributed by atoms with Gasteiger partial charge < -0.3 is 14.4 Å². The number of nitrogens with zero attached hydrogens (tertiary/aromatic N) is 2. The monoisotopic (exact) mass is 452 g/mol. The van der Waals surface area contributed by atoms with Crippen molar-refractivity contribution in [3.8, 4) is 17.2 Å². The first-order valence-electron chi connectivity index (χ1n) is 9.53. The third-order valence-corrected chi connectivity index (χ3v) is 6.11. The molecule has 0 radical (unpaired) electrons. The zero-order valence-electron chi connectivity index (χ0n) is 17.8. The Morgan fingerprint density at radius 3 is 2.52 bits per heavy atom. The summed E-state index contributed by atoms with van der Waals surface area (Å²) < 4.78 is 52.2. The van der Waals surface area contributed by atoms with Gasteiger partial charge >= 0.3 is 12.1 Å². The second-order valence-electron chi connectivity index (χ2n) is 8.57. The van der Waals surface area contributed by atoms with E-state index in [2.05, 4.69) is 6.07 Å². The molecule has 9 heteroatoms. The number of anilines is 1. The highest BCUT2D eigenvalue weighted by atomic mass is 32.1. The van der Waals surface area contributed by atoms with Gasteiger partial charge in [0.2, 0.25) is 6.23 Å². The van der Waals surface area contributed by atoms with Crippen LogP contribution in [0.15, 0.2) is 29.6 Å². The highest BCUT2D eigenvalue weighted by molar-refractivity contribution is 7.10. The molecule has 0 N–H and O–H groups in total. The average Bonchev–Trinajstić information content (AvgIpc) is 3.17. The summed E-state index contributed by atoms with van der Waals surface area (Å²) >= 11 is 1.30. The van der Waals surface area contributed by atoms with Crippen molar-refractivity contribution in [1.29, 1.82) is 5.26 Å².